The number of alkyl halides is 2. The number of tetrazole rings is 1. The van der Waals surface area contributed by atoms with Crippen LogP contribution in [0.5, 0.6) is 5.75 Å². The molecule has 0 atom stereocenters. The molecular formula is C19H14F2N4OS. The van der Waals surface area contributed by atoms with Crippen molar-refractivity contribution in [3.63, 3.8) is 0 Å². The molecule has 0 aliphatic rings. The quantitative estimate of drug-likeness (QED) is 0.451. The molecule has 3 aromatic carbocycles. The van der Waals surface area contributed by atoms with Gasteiger partial charge >= 0.3 is 6.61 Å². The van der Waals surface area contributed by atoms with Crippen LogP contribution in [0, 0.1) is 0 Å². The van der Waals surface area contributed by atoms with E-state index in [1.54, 1.807) is 28.6 Å². The summed E-state index contributed by atoms with van der Waals surface area (Å²) in [5.74, 6) is 1.32. The second-order valence-electron chi connectivity index (χ2n) is 5.68. The number of benzene rings is 3. The molecule has 0 fully saturated rings. The molecule has 1 heterocycles. The van der Waals surface area contributed by atoms with Crippen LogP contribution in [0.15, 0.2) is 71.6 Å². The van der Waals surface area contributed by atoms with Crippen molar-refractivity contribution in [1.29, 1.82) is 0 Å². The highest BCUT2D eigenvalue weighted by molar-refractivity contribution is 7.98. The van der Waals surface area contributed by atoms with E-state index in [2.05, 4.69) is 50.6 Å². The zero-order valence-electron chi connectivity index (χ0n) is 14.0. The molecule has 4 rings (SSSR count). The third-order valence-corrected chi connectivity index (χ3v) is 4.92. The van der Waals surface area contributed by atoms with Crippen LogP contribution in [0.25, 0.3) is 16.5 Å². The van der Waals surface area contributed by atoms with Gasteiger partial charge in [-0.15, -0.1) is 16.9 Å². The van der Waals surface area contributed by atoms with E-state index in [0.29, 0.717) is 17.3 Å². The number of halogens is 2. The summed E-state index contributed by atoms with van der Waals surface area (Å²) in [6, 6.07) is 20.7. The lowest BCUT2D eigenvalue weighted by Gasteiger charge is -2.07. The number of hydrogen-bond donors (Lipinski definition) is 0. The summed E-state index contributed by atoms with van der Waals surface area (Å²) < 4.78 is 30.5. The number of hydrogen-bond acceptors (Lipinski definition) is 5. The molecule has 0 saturated heterocycles. The fourth-order valence-electron chi connectivity index (χ4n) is 2.67. The smallest absolute Gasteiger partial charge is 0.387 e. The van der Waals surface area contributed by atoms with Crippen molar-refractivity contribution < 1.29 is 13.5 Å². The lowest BCUT2D eigenvalue weighted by molar-refractivity contribution is -0.0498. The Kier molecular flexibility index (Phi) is 4.97. The number of aromatic nitrogens is 4. The lowest BCUT2D eigenvalue weighted by atomic mass is 10.1. The fraction of sp³-hybridized carbons (Fsp3) is 0.105. The van der Waals surface area contributed by atoms with Crippen LogP contribution in [0.1, 0.15) is 5.82 Å². The summed E-state index contributed by atoms with van der Waals surface area (Å²) in [7, 11) is 0. The van der Waals surface area contributed by atoms with Crippen molar-refractivity contribution in [3.8, 4) is 11.4 Å². The van der Waals surface area contributed by atoms with E-state index < -0.39 is 6.61 Å². The molecule has 0 spiro atoms. The van der Waals surface area contributed by atoms with Crippen LogP contribution in [0.2, 0.25) is 0 Å². The van der Waals surface area contributed by atoms with E-state index >= 15 is 0 Å². The molecule has 1 aromatic heterocycles. The van der Waals surface area contributed by atoms with Gasteiger partial charge in [0, 0.05) is 4.90 Å². The van der Waals surface area contributed by atoms with Crippen LogP contribution < -0.4 is 4.74 Å². The maximum Gasteiger partial charge on any atom is 0.387 e. The summed E-state index contributed by atoms with van der Waals surface area (Å²) in [6.45, 7) is -2.85. The number of rotatable bonds is 6. The molecule has 0 amide bonds. The van der Waals surface area contributed by atoms with Crippen molar-refractivity contribution in [2.45, 2.75) is 17.3 Å². The largest absolute Gasteiger partial charge is 0.435 e. The Morgan fingerprint density at radius 1 is 0.963 bits per heavy atom. The van der Waals surface area contributed by atoms with Gasteiger partial charge in [0.1, 0.15) is 5.75 Å². The zero-order valence-corrected chi connectivity index (χ0v) is 14.8. The zero-order chi connectivity index (χ0) is 18.6. The second-order valence-corrected chi connectivity index (χ2v) is 6.73. The third-order valence-electron chi connectivity index (χ3n) is 3.93. The van der Waals surface area contributed by atoms with Gasteiger partial charge in [0.15, 0.2) is 5.82 Å². The van der Waals surface area contributed by atoms with Crippen LogP contribution in [0.4, 0.5) is 8.78 Å². The normalized spacial score (nSPS) is 11.2. The maximum atomic E-state index is 12.3. The van der Waals surface area contributed by atoms with Crippen LogP contribution in [-0.2, 0) is 5.75 Å². The number of fused-ring (bicyclic) bond motifs is 1. The SMILES string of the molecule is FC(F)Oc1ccc(-n2nnnc2CSc2ccc3ccccc3c2)cc1. The van der Waals surface area contributed by atoms with Gasteiger partial charge in [-0.1, -0.05) is 30.3 Å². The minimum atomic E-state index is -2.85. The highest BCUT2D eigenvalue weighted by atomic mass is 32.2. The minimum absolute atomic E-state index is 0.0916. The Morgan fingerprint density at radius 3 is 2.52 bits per heavy atom. The average molecular weight is 384 g/mol. The Balaban J connectivity index is 1.49. The Labute approximate surface area is 158 Å². The molecule has 4 aromatic rings. The monoisotopic (exact) mass is 384 g/mol. The Hall–Kier alpha value is -3.00. The predicted molar refractivity (Wildman–Crippen MR) is 99.3 cm³/mol. The van der Waals surface area contributed by atoms with Crippen LogP contribution in [-0.4, -0.2) is 26.8 Å². The first kappa shape index (κ1) is 17.4. The number of nitrogens with zero attached hydrogens (tertiary/aromatic N) is 4. The molecule has 27 heavy (non-hydrogen) atoms. The van der Waals surface area contributed by atoms with Crippen LogP contribution in [0.3, 0.4) is 0 Å². The van der Waals surface area contributed by atoms with Crippen molar-refractivity contribution in [2.75, 3.05) is 0 Å². The molecular weight excluding hydrogens is 370 g/mol. The molecule has 0 bridgehead atoms. The van der Waals surface area contributed by atoms with Crippen LogP contribution >= 0.6 is 11.8 Å². The summed E-state index contributed by atoms with van der Waals surface area (Å²) in [5, 5.41) is 14.2. The minimum Gasteiger partial charge on any atom is -0.435 e. The van der Waals surface area contributed by atoms with Crippen molar-refractivity contribution in [1.82, 2.24) is 20.2 Å². The van der Waals surface area contributed by atoms with Gasteiger partial charge in [0.25, 0.3) is 0 Å². The van der Waals surface area contributed by atoms with Gasteiger partial charge in [0.2, 0.25) is 0 Å². The topological polar surface area (TPSA) is 52.8 Å². The van der Waals surface area contributed by atoms with Gasteiger partial charge in [-0.05, 0) is 57.6 Å². The van der Waals surface area contributed by atoms with Crippen molar-refractivity contribution in [2.24, 2.45) is 0 Å². The number of ether oxygens (including phenoxy) is 1. The summed E-state index contributed by atoms with van der Waals surface area (Å²) >= 11 is 1.63. The molecule has 0 radical (unpaired) electrons. The highest BCUT2D eigenvalue weighted by Gasteiger charge is 2.10. The van der Waals surface area contributed by atoms with E-state index in [1.807, 2.05) is 12.1 Å². The standard InChI is InChI=1S/C19H14F2N4OS/c20-19(21)26-16-8-6-15(7-9-16)25-18(22-23-24-25)12-27-17-10-5-13-3-1-2-4-14(13)11-17/h1-11,19H,12H2. The summed E-state index contributed by atoms with van der Waals surface area (Å²) in [4.78, 5) is 1.11. The molecule has 0 aliphatic carbocycles. The first-order valence-corrected chi connectivity index (χ1v) is 9.12. The van der Waals surface area contributed by atoms with Gasteiger partial charge in [-0.25, -0.2) is 0 Å². The fourth-order valence-corrected chi connectivity index (χ4v) is 3.52. The molecule has 0 unspecified atom stereocenters. The molecule has 0 aliphatic heterocycles. The van der Waals surface area contributed by atoms with Gasteiger partial charge in [-0.3, -0.25) is 0 Å². The van der Waals surface area contributed by atoms with E-state index in [9.17, 15) is 8.78 Å². The number of thioether (sulfide) groups is 1. The highest BCUT2D eigenvalue weighted by Crippen LogP contribution is 2.26. The maximum absolute atomic E-state index is 12.3. The third kappa shape index (κ3) is 4.06. The molecule has 0 saturated carbocycles. The van der Waals surface area contributed by atoms with E-state index in [0.717, 1.165) is 4.90 Å². The Bertz CT molecular complexity index is 1050. The summed E-state index contributed by atoms with van der Waals surface area (Å²) in [6.07, 6.45) is 0. The van der Waals surface area contributed by atoms with Crippen molar-refractivity contribution >= 4 is 22.5 Å². The molecule has 136 valence electrons. The molecule has 5 nitrogen and oxygen atoms in total. The van der Waals surface area contributed by atoms with E-state index in [1.165, 1.54) is 22.9 Å². The van der Waals surface area contributed by atoms with Gasteiger partial charge in [-0.2, -0.15) is 13.5 Å². The molecule has 8 heteroatoms. The van der Waals surface area contributed by atoms with E-state index in [4.69, 9.17) is 0 Å². The Morgan fingerprint density at radius 2 is 1.74 bits per heavy atom. The first-order chi connectivity index (χ1) is 13.2. The second kappa shape index (κ2) is 7.71. The summed E-state index contributed by atoms with van der Waals surface area (Å²) in [5.41, 5.74) is 0.677. The van der Waals surface area contributed by atoms with Gasteiger partial charge < -0.3 is 4.74 Å². The lowest BCUT2D eigenvalue weighted by Crippen LogP contribution is -2.04. The van der Waals surface area contributed by atoms with Crippen molar-refractivity contribution in [3.05, 3.63) is 72.6 Å². The predicted octanol–water partition coefficient (Wildman–Crippen LogP) is 4.71. The first-order valence-electron chi connectivity index (χ1n) is 8.13. The van der Waals surface area contributed by atoms with E-state index in [-0.39, 0.29) is 5.75 Å². The average Bonchev–Trinajstić information content (AvgIpc) is 3.15. The molecule has 0 N–H and O–H groups in total. The van der Waals surface area contributed by atoms with Gasteiger partial charge in [0.05, 0.1) is 11.4 Å².